The molecule has 3 rings (SSSR count). The van der Waals surface area contributed by atoms with E-state index in [0.29, 0.717) is 24.0 Å². The SMILES string of the molecule is CC(C)(C)OC(=O)C(CC(N)(C(=O)OC(c1ccccc1)c1ccccc1)C(=O)[C@@H](N)CC(=O)O)C1CCCCC1. The maximum Gasteiger partial charge on any atom is 0.334 e. The molecule has 9 nitrogen and oxygen atoms in total. The lowest BCUT2D eigenvalue weighted by atomic mass is 9.72. The zero-order valence-corrected chi connectivity index (χ0v) is 24.1. The standard InChI is InChI=1S/C32H42N2O7/c1-31(2,3)41-29(38)24(21-13-7-4-8-14-21)20-32(34,28(37)25(33)19-26(35)36)30(39)40-27(22-15-9-5-10-16-22)23-17-11-6-12-18-23/h5-6,9-12,15-18,21,24-25,27H,4,7-8,13-14,19-20,33-34H2,1-3H3,(H,35,36)/t24?,25-,32?/m0/s1. The Hall–Kier alpha value is -3.56. The summed E-state index contributed by atoms with van der Waals surface area (Å²) >= 11 is 0. The second-order valence-electron chi connectivity index (χ2n) is 11.9. The van der Waals surface area contributed by atoms with Crippen LogP contribution in [-0.2, 0) is 28.7 Å². The Labute approximate surface area is 241 Å². The van der Waals surface area contributed by atoms with Gasteiger partial charge in [-0.1, -0.05) is 79.9 Å². The van der Waals surface area contributed by atoms with Crippen LogP contribution in [0.1, 0.15) is 82.9 Å². The molecule has 0 radical (unpaired) electrons. The molecular formula is C32H42N2O7. The molecule has 0 bridgehead atoms. The molecule has 1 aliphatic rings. The second-order valence-corrected chi connectivity index (χ2v) is 11.9. The maximum absolute atomic E-state index is 14.1. The summed E-state index contributed by atoms with van der Waals surface area (Å²) in [5, 5.41) is 9.32. The number of nitrogens with two attached hydrogens (primary N) is 2. The van der Waals surface area contributed by atoms with Crippen molar-refractivity contribution >= 4 is 23.7 Å². The molecule has 0 heterocycles. The fraction of sp³-hybridized carbons (Fsp3) is 0.500. The van der Waals surface area contributed by atoms with E-state index in [2.05, 4.69) is 0 Å². The van der Waals surface area contributed by atoms with E-state index >= 15 is 0 Å². The van der Waals surface area contributed by atoms with Crippen LogP contribution in [0.5, 0.6) is 0 Å². The highest BCUT2D eigenvalue weighted by molar-refractivity contribution is 6.11. The lowest BCUT2D eigenvalue weighted by molar-refractivity contribution is -0.167. The van der Waals surface area contributed by atoms with Crippen molar-refractivity contribution in [3.05, 3.63) is 71.8 Å². The Morgan fingerprint density at radius 1 is 0.902 bits per heavy atom. The monoisotopic (exact) mass is 566 g/mol. The van der Waals surface area contributed by atoms with E-state index in [4.69, 9.17) is 20.9 Å². The minimum Gasteiger partial charge on any atom is -0.481 e. The topological polar surface area (TPSA) is 159 Å². The molecular weight excluding hydrogens is 524 g/mol. The summed E-state index contributed by atoms with van der Waals surface area (Å²) in [6.07, 6.45) is 2.17. The van der Waals surface area contributed by atoms with Crippen LogP contribution < -0.4 is 11.5 Å². The quantitative estimate of drug-likeness (QED) is 0.251. The molecule has 0 saturated heterocycles. The van der Waals surface area contributed by atoms with Crippen molar-refractivity contribution in [1.29, 1.82) is 0 Å². The van der Waals surface area contributed by atoms with Gasteiger partial charge in [-0.15, -0.1) is 0 Å². The van der Waals surface area contributed by atoms with Gasteiger partial charge >= 0.3 is 17.9 Å². The first-order chi connectivity index (χ1) is 19.3. The highest BCUT2D eigenvalue weighted by Gasteiger charge is 2.51. The summed E-state index contributed by atoms with van der Waals surface area (Å²) in [4.78, 5) is 52.8. The van der Waals surface area contributed by atoms with Gasteiger partial charge in [0.05, 0.1) is 18.4 Å². The Morgan fingerprint density at radius 2 is 1.41 bits per heavy atom. The van der Waals surface area contributed by atoms with Gasteiger partial charge in [-0.3, -0.25) is 14.4 Å². The molecule has 1 saturated carbocycles. The fourth-order valence-electron chi connectivity index (χ4n) is 5.40. The predicted molar refractivity (Wildman–Crippen MR) is 153 cm³/mol. The molecule has 2 aromatic carbocycles. The number of carboxylic acids is 1. The summed E-state index contributed by atoms with van der Waals surface area (Å²) in [5.74, 6) is -5.00. The van der Waals surface area contributed by atoms with Crippen LogP contribution in [0.4, 0.5) is 0 Å². The van der Waals surface area contributed by atoms with Crippen molar-refractivity contribution in [3.8, 4) is 0 Å². The second kappa shape index (κ2) is 13.9. The summed E-state index contributed by atoms with van der Waals surface area (Å²) in [6, 6.07) is 16.4. The van der Waals surface area contributed by atoms with E-state index in [0.717, 1.165) is 19.3 Å². The molecule has 2 unspecified atom stereocenters. The molecule has 5 N–H and O–H groups in total. The third kappa shape index (κ3) is 8.71. The molecule has 0 aromatic heterocycles. The maximum atomic E-state index is 14.1. The smallest absolute Gasteiger partial charge is 0.334 e. The molecule has 41 heavy (non-hydrogen) atoms. The largest absolute Gasteiger partial charge is 0.481 e. The minimum absolute atomic E-state index is 0.170. The molecule has 0 amide bonds. The van der Waals surface area contributed by atoms with Crippen LogP contribution >= 0.6 is 0 Å². The van der Waals surface area contributed by atoms with Crippen LogP contribution in [0.15, 0.2) is 60.7 Å². The number of ether oxygens (including phenoxy) is 2. The number of esters is 2. The van der Waals surface area contributed by atoms with Crippen molar-refractivity contribution in [2.24, 2.45) is 23.3 Å². The van der Waals surface area contributed by atoms with Crippen LogP contribution in [-0.4, -0.2) is 46.0 Å². The van der Waals surface area contributed by atoms with Gasteiger partial charge < -0.3 is 26.0 Å². The lowest BCUT2D eigenvalue weighted by Gasteiger charge is -2.37. The Morgan fingerprint density at radius 3 is 1.88 bits per heavy atom. The zero-order chi connectivity index (χ0) is 30.2. The molecule has 2 aromatic rings. The van der Waals surface area contributed by atoms with Crippen molar-refractivity contribution in [2.45, 2.75) is 89.0 Å². The third-order valence-corrected chi connectivity index (χ3v) is 7.44. The summed E-state index contributed by atoms with van der Waals surface area (Å²) < 4.78 is 11.7. The Kier molecular flexibility index (Phi) is 10.8. The molecule has 3 atom stereocenters. The Balaban J connectivity index is 2.05. The van der Waals surface area contributed by atoms with E-state index < -0.39 is 65.7 Å². The highest BCUT2D eigenvalue weighted by Crippen LogP contribution is 2.37. The van der Waals surface area contributed by atoms with Gasteiger partial charge in [0.25, 0.3) is 0 Å². The molecule has 1 aliphatic carbocycles. The van der Waals surface area contributed by atoms with Crippen LogP contribution in [0.2, 0.25) is 0 Å². The molecule has 0 aliphatic heterocycles. The van der Waals surface area contributed by atoms with Crippen molar-refractivity contribution < 1.29 is 33.8 Å². The van der Waals surface area contributed by atoms with Crippen LogP contribution in [0, 0.1) is 11.8 Å². The number of hydrogen-bond acceptors (Lipinski definition) is 8. The van der Waals surface area contributed by atoms with Gasteiger partial charge in [-0.2, -0.15) is 0 Å². The zero-order valence-electron chi connectivity index (χ0n) is 24.1. The first-order valence-electron chi connectivity index (χ1n) is 14.2. The average Bonchev–Trinajstić information content (AvgIpc) is 2.94. The van der Waals surface area contributed by atoms with E-state index in [1.807, 2.05) is 12.1 Å². The third-order valence-electron chi connectivity index (χ3n) is 7.44. The van der Waals surface area contributed by atoms with Gasteiger partial charge in [0.15, 0.2) is 17.4 Å². The number of rotatable bonds is 12. The number of aliphatic carboxylic acids is 1. The van der Waals surface area contributed by atoms with Gasteiger partial charge in [0.1, 0.15) is 5.60 Å². The van der Waals surface area contributed by atoms with Crippen LogP contribution in [0.3, 0.4) is 0 Å². The Bertz CT molecular complexity index is 1150. The van der Waals surface area contributed by atoms with Gasteiger partial charge in [0, 0.05) is 0 Å². The van der Waals surface area contributed by atoms with Gasteiger partial charge in [0.2, 0.25) is 0 Å². The molecule has 9 heteroatoms. The van der Waals surface area contributed by atoms with Crippen molar-refractivity contribution in [3.63, 3.8) is 0 Å². The van der Waals surface area contributed by atoms with Gasteiger partial charge in [-0.05, 0) is 57.1 Å². The predicted octanol–water partition coefficient (Wildman–Crippen LogP) is 4.32. The lowest BCUT2D eigenvalue weighted by Crippen LogP contribution is -2.63. The molecule has 1 fully saturated rings. The molecule has 0 spiro atoms. The number of Topliss-reactive ketones (excluding diaryl/α,β-unsaturated/α-hetero) is 1. The first-order valence-corrected chi connectivity index (χ1v) is 14.2. The normalized spacial score (nSPS) is 17.2. The number of carbonyl (C=O) groups excluding carboxylic acids is 3. The van der Waals surface area contributed by atoms with Crippen LogP contribution in [0.25, 0.3) is 0 Å². The van der Waals surface area contributed by atoms with Gasteiger partial charge in [-0.25, -0.2) is 4.79 Å². The number of hydrogen-bond donors (Lipinski definition) is 3. The van der Waals surface area contributed by atoms with E-state index in [1.165, 1.54) is 0 Å². The average molecular weight is 567 g/mol. The number of carboxylic acid groups (broad SMARTS) is 1. The summed E-state index contributed by atoms with van der Waals surface area (Å²) in [7, 11) is 0. The first kappa shape index (κ1) is 32.0. The van der Waals surface area contributed by atoms with E-state index in [-0.39, 0.29) is 5.92 Å². The summed E-state index contributed by atoms with van der Waals surface area (Å²) in [5.41, 5.74) is 10.8. The van der Waals surface area contributed by atoms with Crippen molar-refractivity contribution in [2.75, 3.05) is 0 Å². The number of benzene rings is 2. The van der Waals surface area contributed by atoms with E-state index in [1.54, 1.807) is 69.3 Å². The number of ketones is 1. The summed E-state index contributed by atoms with van der Waals surface area (Å²) in [6.45, 7) is 5.22. The minimum atomic E-state index is -2.39. The fourth-order valence-corrected chi connectivity index (χ4v) is 5.40. The highest BCUT2D eigenvalue weighted by atomic mass is 16.6. The van der Waals surface area contributed by atoms with Crippen molar-refractivity contribution in [1.82, 2.24) is 0 Å². The van der Waals surface area contributed by atoms with E-state index in [9.17, 15) is 24.3 Å². The molecule has 222 valence electrons. The number of carbonyl (C=O) groups is 4.